The molecule has 0 radical (unpaired) electrons. The lowest BCUT2D eigenvalue weighted by Gasteiger charge is -2.06. The van der Waals surface area contributed by atoms with Crippen molar-refractivity contribution in [1.82, 2.24) is 9.97 Å². The first-order valence-corrected chi connectivity index (χ1v) is 5.76. The first-order chi connectivity index (χ1) is 9.00. The van der Waals surface area contributed by atoms with Gasteiger partial charge in [-0.1, -0.05) is 19.9 Å². The molecule has 19 heavy (non-hydrogen) atoms. The molecule has 2 aromatic rings. The van der Waals surface area contributed by atoms with Gasteiger partial charge >= 0.3 is 5.69 Å². The van der Waals surface area contributed by atoms with Gasteiger partial charge in [-0.15, -0.1) is 0 Å². The first kappa shape index (κ1) is 13.1. The Morgan fingerprint density at radius 3 is 2.42 bits per heavy atom. The van der Waals surface area contributed by atoms with E-state index in [4.69, 9.17) is 0 Å². The number of rotatable bonds is 3. The summed E-state index contributed by atoms with van der Waals surface area (Å²) in [5, 5.41) is 10.9. The number of hydrogen-bond acceptors (Lipinski definition) is 4. The van der Waals surface area contributed by atoms with E-state index in [9.17, 15) is 14.5 Å². The number of halogens is 1. The average Bonchev–Trinajstić information content (AvgIpc) is 2.38. The number of hydrogen-bond donors (Lipinski definition) is 0. The minimum Gasteiger partial charge on any atom is -0.258 e. The molecule has 6 heteroatoms. The van der Waals surface area contributed by atoms with E-state index >= 15 is 0 Å². The highest BCUT2D eigenvalue weighted by Gasteiger charge is 2.21. The van der Waals surface area contributed by atoms with Crippen LogP contribution in [0.1, 0.15) is 25.6 Å². The highest BCUT2D eigenvalue weighted by Crippen LogP contribution is 2.31. The Morgan fingerprint density at radius 2 is 1.89 bits per heavy atom. The van der Waals surface area contributed by atoms with Crippen molar-refractivity contribution in [3.63, 3.8) is 0 Å². The number of nitrogens with zero attached hydrogens (tertiary/aromatic N) is 3. The molecule has 1 aromatic heterocycles. The third kappa shape index (κ3) is 2.57. The van der Waals surface area contributed by atoms with Gasteiger partial charge in [0, 0.05) is 23.9 Å². The fourth-order valence-corrected chi connectivity index (χ4v) is 1.71. The predicted molar refractivity (Wildman–Crippen MR) is 68.2 cm³/mol. The third-order valence-electron chi connectivity index (χ3n) is 2.67. The van der Waals surface area contributed by atoms with Crippen LogP contribution in [0, 0.1) is 15.9 Å². The number of benzene rings is 1. The summed E-state index contributed by atoms with van der Waals surface area (Å²) in [5.74, 6) is -0.0604. The Morgan fingerprint density at radius 1 is 1.26 bits per heavy atom. The second kappa shape index (κ2) is 5.09. The van der Waals surface area contributed by atoms with Crippen LogP contribution in [0.15, 0.2) is 30.6 Å². The Hall–Kier alpha value is -2.37. The number of nitro groups is 1. The Balaban J connectivity index is 2.53. The Kier molecular flexibility index (Phi) is 3.50. The van der Waals surface area contributed by atoms with E-state index in [1.165, 1.54) is 24.5 Å². The van der Waals surface area contributed by atoms with Gasteiger partial charge in [0.05, 0.1) is 10.5 Å². The summed E-state index contributed by atoms with van der Waals surface area (Å²) in [7, 11) is 0. The van der Waals surface area contributed by atoms with Crippen LogP contribution in [0.3, 0.4) is 0 Å². The SMILES string of the molecule is CC(C)c1ncc(-c2cccc(F)c2[N+](=O)[O-])cn1. The van der Waals surface area contributed by atoms with Crippen molar-refractivity contribution < 1.29 is 9.31 Å². The third-order valence-corrected chi connectivity index (χ3v) is 2.67. The second-order valence-corrected chi connectivity index (χ2v) is 4.38. The van der Waals surface area contributed by atoms with Gasteiger partial charge in [-0.05, 0) is 12.1 Å². The van der Waals surface area contributed by atoms with Crippen molar-refractivity contribution >= 4 is 5.69 Å². The number of aromatic nitrogens is 2. The van der Waals surface area contributed by atoms with Crippen molar-refractivity contribution in [1.29, 1.82) is 0 Å². The molecular formula is C13H12FN3O2. The van der Waals surface area contributed by atoms with Gasteiger partial charge in [0.15, 0.2) is 0 Å². The average molecular weight is 261 g/mol. The smallest absolute Gasteiger partial charge is 0.258 e. The van der Waals surface area contributed by atoms with Gasteiger partial charge in [0.25, 0.3) is 0 Å². The molecule has 98 valence electrons. The van der Waals surface area contributed by atoms with Crippen LogP contribution < -0.4 is 0 Å². The van der Waals surface area contributed by atoms with Gasteiger partial charge < -0.3 is 0 Å². The van der Waals surface area contributed by atoms with Crippen LogP contribution in [0.25, 0.3) is 11.1 Å². The van der Waals surface area contributed by atoms with Crippen molar-refractivity contribution in [3.05, 3.63) is 52.3 Å². The summed E-state index contributed by atoms with van der Waals surface area (Å²) >= 11 is 0. The highest BCUT2D eigenvalue weighted by atomic mass is 19.1. The molecule has 0 bridgehead atoms. The maximum Gasteiger partial charge on any atom is 0.312 e. The van der Waals surface area contributed by atoms with Crippen LogP contribution in [0.5, 0.6) is 0 Å². The van der Waals surface area contributed by atoms with E-state index in [-0.39, 0.29) is 11.5 Å². The molecule has 5 nitrogen and oxygen atoms in total. The summed E-state index contributed by atoms with van der Waals surface area (Å²) in [4.78, 5) is 18.4. The predicted octanol–water partition coefficient (Wildman–Crippen LogP) is 3.31. The zero-order valence-corrected chi connectivity index (χ0v) is 10.5. The fourth-order valence-electron chi connectivity index (χ4n) is 1.71. The lowest BCUT2D eigenvalue weighted by molar-refractivity contribution is -0.386. The van der Waals surface area contributed by atoms with Gasteiger partial charge in [0.1, 0.15) is 5.82 Å². The number of para-hydroxylation sites is 1. The summed E-state index contributed by atoms with van der Waals surface area (Å²) < 4.78 is 13.5. The standard InChI is InChI=1S/C13H12FN3O2/c1-8(2)13-15-6-9(7-16-13)10-4-3-5-11(14)12(10)17(18)19/h3-8H,1-2H3. The molecule has 0 aliphatic rings. The molecule has 0 aliphatic heterocycles. The summed E-state index contributed by atoms with van der Waals surface area (Å²) in [5.41, 5.74) is 0.0549. The summed E-state index contributed by atoms with van der Waals surface area (Å²) in [6.07, 6.45) is 2.95. The van der Waals surface area contributed by atoms with Crippen molar-refractivity contribution in [2.75, 3.05) is 0 Å². The van der Waals surface area contributed by atoms with Crippen LogP contribution in [0.4, 0.5) is 10.1 Å². The molecule has 1 heterocycles. The van der Waals surface area contributed by atoms with E-state index in [1.807, 2.05) is 13.8 Å². The molecule has 0 N–H and O–H groups in total. The van der Waals surface area contributed by atoms with Crippen molar-refractivity contribution in [2.24, 2.45) is 0 Å². The van der Waals surface area contributed by atoms with Crippen LogP contribution in [-0.2, 0) is 0 Å². The topological polar surface area (TPSA) is 68.9 Å². The molecule has 2 rings (SSSR count). The summed E-state index contributed by atoms with van der Waals surface area (Å²) in [6, 6.07) is 3.97. The monoisotopic (exact) mass is 261 g/mol. The van der Waals surface area contributed by atoms with Crippen molar-refractivity contribution in [3.8, 4) is 11.1 Å². The lowest BCUT2D eigenvalue weighted by Crippen LogP contribution is -1.99. The molecule has 0 fully saturated rings. The fraction of sp³-hybridized carbons (Fsp3) is 0.231. The largest absolute Gasteiger partial charge is 0.312 e. The van der Waals surface area contributed by atoms with E-state index in [0.717, 1.165) is 6.07 Å². The molecular weight excluding hydrogens is 249 g/mol. The van der Waals surface area contributed by atoms with E-state index < -0.39 is 16.4 Å². The molecule has 0 unspecified atom stereocenters. The lowest BCUT2D eigenvalue weighted by atomic mass is 10.1. The first-order valence-electron chi connectivity index (χ1n) is 5.76. The molecule has 0 amide bonds. The van der Waals surface area contributed by atoms with Gasteiger partial charge in [-0.3, -0.25) is 10.1 Å². The van der Waals surface area contributed by atoms with Crippen LogP contribution in [0.2, 0.25) is 0 Å². The van der Waals surface area contributed by atoms with Crippen LogP contribution >= 0.6 is 0 Å². The van der Waals surface area contributed by atoms with E-state index in [2.05, 4.69) is 9.97 Å². The summed E-state index contributed by atoms with van der Waals surface area (Å²) in [6.45, 7) is 3.89. The molecule has 0 aliphatic carbocycles. The van der Waals surface area contributed by atoms with Gasteiger partial charge in [0.2, 0.25) is 5.82 Å². The quantitative estimate of drug-likeness (QED) is 0.627. The molecule has 0 spiro atoms. The van der Waals surface area contributed by atoms with E-state index in [0.29, 0.717) is 11.4 Å². The van der Waals surface area contributed by atoms with Gasteiger partial charge in [-0.2, -0.15) is 4.39 Å². The van der Waals surface area contributed by atoms with Crippen LogP contribution in [-0.4, -0.2) is 14.9 Å². The van der Waals surface area contributed by atoms with Crippen molar-refractivity contribution in [2.45, 2.75) is 19.8 Å². The maximum absolute atomic E-state index is 13.5. The molecule has 0 saturated carbocycles. The number of nitro benzene ring substituents is 1. The minimum atomic E-state index is -0.865. The molecule has 0 atom stereocenters. The highest BCUT2D eigenvalue weighted by molar-refractivity contribution is 5.72. The Labute approximate surface area is 109 Å². The maximum atomic E-state index is 13.5. The normalized spacial score (nSPS) is 10.7. The zero-order chi connectivity index (χ0) is 14.0. The molecule has 0 saturated heterocycles. The second-order valence-electron chi connectivity index (χ2n) is 4.38. The minimum absolute atomic E-state index is 0.163. The van der Waals surface area contributed by atoms with E-state index in [1.54, 1.807) is 0 Å². The van der Waals surface area contributed by atoms with Gasteiger partial charge in [-0.25, -0.2) is 9.97 Å². The molecule has 1 aromatic carbocycles. The zero-order valence-electron chi connectivity index (χ0n) is 10.5. The Bertz CT molecular complexity index is 612.